The van der Waals surface area contributed by atoms with Gasteiger partial charge in [0.2, 0.25) is 0 Å². The number of pyridine rings is 1. The fraction of sp³-hybridized carbons (Fsp3) is 0.423. The molecule has 0 saturated heterocycles. The van der Waals surface area contributed by atoms with Crippen molar-refractivity contribution in [3.8, 4) is 17.2 Å². The second-order valence-corrected chi connectivity index (χ2v) is 9.65. The van der Waals surface area contributed by atoms with Crippen molar-refractivity contribution in [2.75, 3.05) is 13.7 Å². The quantitative estimate of drug-likeness (QED) is 0.414. The number of carbonyl (C=O) groups excluding carboxylic acids is 2. The first kappa shape index (κ1) is 25.3. The predicted molar refractivity (Wildman–Crippen MR) is 133 cm³/mol. The molecule has 36 heavy (non-hydrogen) atoms. The van der Waals surface area contributed by atoms with Gasteiger partial charge in [0.1, 0.15) is 23.9 Å². The topological polar surface area (TPSA) is 137 Å². The number of amides is 2. The average molecular weight is 497 g/mol. The summed E-state index contributed by atoms with van der Waals surface area (Å²) in [5.41, 5.74) is 5.98. The molecule has 4 N–H and O–H groups in total. The summed E-state index contributed by atoms with van der Waals surface area (Å²) in [5.74, 6) is 0.793. The van der Waals surface area contributed by atoms with Gasteiger partial charge < -0.3 is 30.4 Å². The highest BCUT2D eigenvalue weighted by molar-refractivity contribution is 6.00. The van der Waals surface area contributed by atoms with Gasteiger partial charge in [-0.1, -0.05) is 0 Å². The third kappa shape index (κ3) is 6.06. The molecule has 0 spiro atoms. The lowest BCUT2D eigenvalue weighted by atomic mass is 9.92. The minimum Gasteiger partial charge on any atom is -0.497 e. The molecule has 192 valence electrons. The molecular formula is C26H32N4O6. The summed E-state index contributed by atoms with van der Waals surface area (Å²) < 4.78 is 18.5. The van der Waals surface area contributed by atoms with E-state index in [4.69, 9.17) is 19.9 Å². The Labute approximate surface area is 209 Å². The number of methoxy groups -OCH3 is 1. The summed E-state index contributed by atoms with van der Waals surface area (Å²) in [6.45, 7) is 3.47. The first-order valence-corrected chi connectivity index (χ1v) is 11.9. The summed E-state index contributed by atoms with van der Waals surface area (Å²) in [7, 11) is 1.55. The highest BCUT2D eigenvalue weighted by Crippen LogP contribution is 2.30. The number of ether oxygens (including phenoxy) is 3. The number of primary amides is 1. The molecule has 10 nitrogen and oxygen atoms in total. The molecular weight excluding hydrogens is 464 g/mol. The van der Waals surface area contributed by atoms with Crippen LogP contribution >= 0.6 is 0 Å². The van der Waals surface area contributed by atoms with Crippen molar-refractivity contribution in [1.82, 2.24) is 14.9 Å². The molecule has 0 aliphatic heterocycles. The largest absolute Gasteiger partial charge is 0.497 e. The Morgan fingerprint density at radius 3 is 2.53 bits per heavy atom. The third-order valence-electron chi connectivity index (χ3n) is 6.08. The number of aliphatic hydroxyl groups is 1. The zero-order chi connectivity index (χ0) is 25.9. The van der Waals surface area contributed by atoms with Crippen molar-refractivity contribution < 1.29 is 28.9 Å². The maximum Gasteiger partial charge on any atom is 0.255 e. The van der Waals surface area contributed by atoms with Crippen LogP contribution in [-0.2, 0) is 0 Å². The summed E-state index contributed by atoms with van der Waals surface area (Å²) >= 11 is 0. The van der Waals surface area contributed by atoms with Crippen molar-refractivity contribution in [3.63, 3.8) is 0 Å². The SMILES string of the molecule is COc1ccc(C(N)=O)c(OC2CCC(NC(=O)c3cnn4cc(OCC(C)(C)O)ccc34)CC2)c1. The van der Waals surface area contributed by atoms with E-state index < -0.39 is 11.5 Å². The smallest absolute Gasteiger partial charge is 0.255 e. The van der Waals surface area contributed by atoms with Crippen LogP contribution in [0.1, 0.15) is 60.2 Å². The second-order valence-electron chi connectivity index (χ2n) is 9.65. The van der Waals surface area contributed by atoms with Gasteiger partial charge in [-0.25, -0.2) is 4.52 Å². The molecule has 1 aliphatic carbocycles. The number of carbonyl (C=O) groups is 2. The summed E-state index contributed by atoms with van der Waals surface area (Å²) in [6, 6.07) is 8.46. The van der Waals surface area contributed by atoms with Gasteiger partial charge in [0.25, 0.3) is 11.8 Å². The van der Waals surface area contributed by atoms with E-state index in [1.54, 1.807) is 62.0 Å². The summed E-state index contributed by atoms with van der Waals surface area (Å²) in [6.07, 6.45) is 6.03. The van der Waals surface area contributed by atoms with Gasteiger partial charge in [-0.3, -0.25) is 9.59 Å². The highest BCUT2D eigenvalue weighted by atomic mass is 16.5. The number of fused-ring (bicyclic) bond motifs is 1. The Balaban J connectivity index is 1.34. The number of rotatable bonds is 9. The molecule has 0 atom stereocenters. The molecule has 2 heterocycles. The van der Waals surface area contributed by atoms with Gasteiger partial charge in [-0.2, -0.15) is 5.10 Å². The monoisotopic (exact) mass is 496 g/mol. The van der Waals surface area contributed by atoms with Crippen molar-refractivity contribution in [1.29, 1.82) is 0 Å². The van der Waals surface area contributed by atoms with E-state index in [2.05, 4.69) is 10.4 Å². The summed E-state index contributed by atoms with van der Waals surface area (Å²) in [4.78, 5) is 24.7. The normalized spacial score (nSPS) is 18.0. The number of nitrogens with two attached hydrogens (primary N) is 1. The van der Waals surface area contributed by atoms with Gasteiger partial charge in [0.15, 0.2) is 0 Å². The Hall–Kier alpha value is -3.79. The standard InChI is InChI=1S/C26H32N4O6/c1-26(2,33)15-35-19-9-11-22-21(13-28-30(22)14-19)25(32)29-16-4-6-17(7-5-16)36-23-12-18(34-3)8-10-20(23)24(27)31/h8-14,16-17,33H,4-7,15H2,1-3H3,(H2,27,31)(H,29,32). The van der Waals surface area contributed by atoms with E-state index in [0.29, 0.717) is 33.9 Å². The molecule has 3 aromatic rings. The fourth-order valence-corrected chi connectivity index (χ4v) is 4.18. The molecule has 1 fully saturated rings. The van der Waals surface area contributed by atoms with E-state index in [1.165, 1.54) is 6.20 Å². The van der Waals surface area contributed by atoms with Gasteiger partial charge >= 0.3 is 0 Å². The van der Waals surface area contributed by atoms with Crippen LogP contribution in [-0.4, -0.2) is 58.0 Å². The first-order chi connectivity index (χ1) is 17.1. The molecule has 1 saturated carbocycles. The molecule has 0 bridgehead atoms. The lowest BCUT2D eigenvalue weighted by Gasteiger charge is -2.30. The number of benzene rings is 1. The summed E-state index contributed by atoms with van der Waals surface area (Å²) in [5, 5.41) is 17.2. The molecule has 10 heteroatoms. The zero-order valence-corrected chi connectivity index (χ0v) is 20.7. The average Bonchev–Trinajstić information content (AvgIpc) is 3.27. The van der Waals surface area contributed by atoms with Crippen LogP contribution in [0, 0.1) is 0 Å². The van der Waals surface area contributed by atoms with Crippen LogP contribution in [0.4, 0.5) is 0 Å². The van der Waals surface area contributed by atoms with Crippen molar-refractivity contribution in [2.45, 2.75) is 57.3 Å². The zero-order valence-electron chi connectivity index (χ0n) is 20.7. The van der Waals surface area contributed by atoms with Crippen LogP contribution in [0.5, 0.6) is 17.2 Å². The van der Waals surface area contributed by atoms with Gasteiger partial charge in [0.05, 0.1) is 47.9 Å². The van der Waals surface area contributed by atoms with Crippen molar-refractivity contribution in [2.24, 2.45) is 5.73 Å². The number of aromatic nitrogens is 2. The Morgan fingerprint density at radius 2 is 1.86 bits per heavy atom. The Bertz CT molecular complexity index is 1240. The van der Waals surface area contributed by atoms with Crippen LogP contribution in [0.3, 0.4) is 0 Å². The second kappa shape index (κ2) is 10.4. The molecule has 1 aromatic carbocycles. The molecule has 1 aliphatic rings. The van der Waals surface area contributed by atoms with E-state index in [9.17, 15) is 14.7 Å². The van der Waals surface area contributed by atoms with Crippen LogP contribution in [0.25, 0.3) is 5.52 Å². The molecule has 2 aromatic heterocycles. The first-order valence-electron chi connectivity index (χ1n) is 11.9. The van der Waals surface area contributed by atoms with Crippen molar-refractivity contribution >= 4 is 17.3 Å². The predicted octanol–water partition coefficient (Wildman–Crippen LogP) is 2.71. The van der Waals surface area contributed by atoms with E-state index in [0.717, 1.165) is 25.7 Å². The molecule has 4 rings (SSSR count). The van der Waals surface area contributed by atoms with Gasteiger partial charge in [0, 0.05) is 12.1 Å². The Kier molecular flexibility index (Phi) is 7.35. The molecule has 0 radical (unpaired) electrons. The number of nitrogens with zero attached hydrogens (tertiary/aromatic N) is 2. The molecule has 2 amide bonds. The van der Waals surface area contributed by atoms with E-state index in [1.807, 2.05) is 0 Å². The number of nitrogens with one attached hydrogen (secondary N) is 1. The van der Waals surface area contributed by atoms with Crippen LogP contribution in [0.15, 0.2) is 42.7 Å². The number of hydrogen-bond acceptors (Lipinski definition) is 7. The third-order valence-corrected chi connectivity index (χ3v) is 6.08. The van der Waals surface area contributed by atoms with Gasteiger partial charge in [-0.05, 0) is 63.8 Å². The van der Waals surface area contributed by atoms with Gasteiger partial charge in [-0.15, -0.1) is 0 Å². The van der Waals surface area contributed by atoms with Crippen LogP contribution in [0.2, 0.25) is 0 Å². The van der Waals surface area contributed by atoms with E-state index in [-0.39, 0.29) is 24.7 Å². The molecule has 0 unspecified atom stereocenters. The highest BCUT2D eigenvalue weighted by Gasteiger charge is 2.26. The number of hydrogen-bond donors (Lipinski definition) is 3. The Morgan fingerprint density at radius 1 is 1.14 bits per heavy atom. The minimum absolute atomic E-state index is 0.00242. The lowest BCUT2D eigenvalue weighted by Crippen LogP contribution is -2.39. The van der Waals surface area contributed by atoms with Crippen molar-refractivity contribution in [3.05, 3.63) is 53.9 Å². The van der Waals surface area contributed by atoms with Crippen LogP contribution < -0.4 is 25.3 Å². The minimum atomic E-state index is -0.952. The fourth-order valence-electron chi connectivity index (χ4n) is 4.18. The lowest BCUT2D eigenvalue weighted by molar-refractivity contribution is 0.0283. The van der Waals surface area contributed by atoms with E-state index >= 15 is 0 Å². The maximum atomic E-state index is 13.0. The maximum absolute atomic E-state index is 13.0.